The number of nitrogens with one attached hydrogen (secondary N) is 1. The van der Waals surface area contributed by atoms with Crippen LogP contribution >= 0.6 is 11.6 Å². The van der Waals surface area contributed by atoms with E-state index in [2.05, 4.69) is 15.5 Å². The van der Waals surface area contributed by atoms with Gasteiger partial charge < -0.3 is 10.4 Å². The molecule has 0 saturated heterocycles. The lowest BCUT2D eigenvalue weighted by atomic mass is 9.77. The molecule has 0 radical (unpaired) electrons. The van der Waals surface area contributed by atoms with Crippen molar-refractivity contribution in [3.8, 4) is 0 Å². The van der Waals surface area contributed by atoms with E-state index in [0.717, 1.165) is 6.07 Å². The zero-order valence-corrected chi connectivity index (χ0v) is 10.2. The van der Waals surface area contributed by atoms with Crippen LogP contribution in [0.5, 0.6) is 0 Å². The molecule has 0 aliphatic heterocycles. The second kappa shape index (κ2) is 4.24. The van der Waals surface area contributed by atoms with Crippen LogP contribution < -0.4 is 5.32 Å². The summed E-state index contributed by atoms with van der Waals surface area (Å²) in [4.78, 5) is 0. The first-order chi connectivity index (χ1) is 8.17. The van der Waals surface area contributed by atoms with Gasteiger partial charge in [-0.25, -0.2) is 0 Å². The predicted molar refractivity (Wildman–Crippen MR) is 59.3 cm³/mol. The molecule has 2 N–H and O–H groups in total. The maximum absolute atomic E-state index is 12.7. The molecule has 4 nitrogen and oxygen atoms in total. The highest BCUT2D eigenvalue weighted by atomic mass is 35.5. The van der Waals surface area contributed by atoms with Crippen LogP contribution in [-0.2, 0) is 6.18 Å². The Balaban J connectivity index is 2.18. The van der Waals surface area contributed by atoms with E-state index in [1.165, 1.54) is 0 Å². The molecule has 0 atom stereocenters. The van der Waals surface area contributed by atoms with Crippen LogP contribution in [0, 0.1) is 0 Å². The van der Waals surface area contributed by atoms with E-state index in [9.17, 15) is 18.3 Å². The number of alkyl halides is 3. The number of rotatable bonds is 2. The van der Waals surface area contributed by atoms with Gasteiger partial charge >= 0.3 is 6.18 Å². The number of aromatic nitrogens is 2. The number of nitrogens with zero attached hydrogens (tertiary/aromatic N) is 2. The molecule has 8 heteroatoms. The van der Waals surface area contributed by atoms with E-state index < -0.39 is 17.3 Å². The van der Waals surface area contributed by atoms with Crippen molar-refractivity contribution in [3.63, 3.8) is 0 Å². The molecule has 0 unspecified atom stereocenters. The van der Waals surface area contributed by atoms with E-state index in [1.807, 2.05) is 0 Å². The third-order valence-corrected chi connectivity index (χ3v) is 2.97. The summed E-state index contributed by atoms with van der Waals surface area (Å²) in [6.45, 7) is 1.63. The molecule has 1 aliphatic rings. The summed E-state index contributed by atoms with van der Waals surface area (Å²) in [5.74, 6) is -0.354. The van der Waals surface area contributed by atoms with Crippen molar-refractivity contribution < 1.29 is 18.3 Å². The van der Waals surface area contributed by atoms with Crippen molar-refractivity contribution in [1.29, 1.82) is 0 Å². The smallest absolute Gasteiger partial charge is 0.390 e. The number of anilines is 1. The van der Waals surface area contributed by atoms with Crippen LogP contribution in [0.2, 0.25) is 5.15 Å². The van der Waals surface area contributed by atoms with Crippen molar-refractivity contribution in [1.82, 2.24) is 10.2 Å². The molecule has 100 valence electrons. The average Bonchev–Trinajstić information content (AvgIpc) is 2.16. The van der Waals surface area contributed by atoms with Gasteiger partial charge in [0.2, 0.25) is 0 Å². The summed E-state index contributed by atoms with van der Waals surface area (Å²) in [7, 11) is 0. The highest BCUT2D eigenvalue weighted by molar-refractivity contribution is 6.29. The lowest BCUT2D eigenvalue weighted by Crippen LogP contribution is -2.48. The summed E-state index contributed by atoms with van der Waals surface area (Å²) in [6.07, 6.45) is -3.81. The molecule has 1 saturated carbocycles. The van der Waals surface area contributed by atoms with E-state index in [-0.39, 0.29) is 17.0 Å². The minimum atomic E-state index is -4.55. The van der Waals surface area contributed by atoms with Gasteiger partial charge in [0.25, 0.3) is 0 Å². The third-order valence-electron chi connectivity index (χ3n) is 2.78. The standard InChI is InChI=1S/C10H11ClF3N3O/c1-9(18)3-5(4-9)15-8-6(10(12,13)14)2-7(11)16-17-8/h2,5,18H,3-4H2,1H3,(H,15,17). The number of hydrogen-bond donors (Lipinski definition) is 2. The largest absolute Gasteiger partial charge is 0.420 e. The molecule has 0 amide bonds. The van der Waals surface area contributed by atoms with Gasteiger partial charge in [-0.1, -0.05) is 11.6 Å². The van der Waals surface area contributed by atoms with Crippen LogP contribution in [0.4, 0.5) is 19.0 Å². The summed E-state index contributed by atoms with van der Waals surface area (Å²) in [5.41, 5.74) is -1.77. The van der Waals surface area contributed by atoms with Crippen LogP contribution in [0.25, 0.3) is 0 Å². The van der Waals surface area contributed by atoms with Gasteiger partial charge in [0.1, 0.15) is 5.56 Å². The number of aliphatic hydroxyl groups is 1. The zero-order valence-electron chi connectivity index (χ0n) is 9.42. The van der Waals surface area contributed by atoms with E-state index >= 15 is 0 Å². The molecule has 0 bridgehead atoms. The fraction of sp³-hybridized carbons (Fsp3) is 0.600. The van der Waals surface area contributed by atoms with Crippen molar-refractivity contribution >= 4 is 17.4 Å². The monoisotopic (exact) mass is 281 g/mol. The number of hydrogen-bond acceptors (Lipinski definition) is 4. The van der Waals surface area contributed by atoms with Crippen molar-refractivity contribution in [2.45, 2.75) is 37.6 Å². The summed E-state index contributed by atoms with van der Waals surface area (Å²) in [6, 6.07) is 0.491. The minimum Gasteiger partial charge on any atom is -0.390 e. The molecular formula is C10H11ClF3N3O. The van der Waals surface area contributed by atoms with Crippen LogP contribution in [0.3, 0.4) is 0 Å². The Bertz CT molecular complexity index is 456. The summed E-state index contributed by atoms with van der Waals surface area (Å²) < 4.78 is 38.2. The third kappa shape index (κ3) is 2.84. The first kappa shape index (κ1) is 13.4. The van der Waals surface area contributed by atoms with Crippen molar-refractivity contribution in [2.24, 2.45) is 0 Å². The van der Waals surface area contributed by atoms with Crippen molar-refractivity contribution in [3.05, 3.63) is 16.8 Å². The lowest BCUT2D eigenvalue weighted by molar-refractivity contribution is -0.137. The molecule has 2 rings (SSSR count). The van der Waals surface area contributed by atoms with Crippen molar-refractivity contribution in [2.75, 3.05) is 5.32 Å². The van der Waals surface area contributed by atoms with Gasteiger partial charge in [0.15, 0.2) is 11.0 Å². The van der Waals surface area contributed by atoms with E-state index in [4.69, 9.17) is 11.6 Å². The van der Waals surface area contributed by atoms with Gasteiger partial charge in [0.05, 0.1) is 5.60 Å². The fourth-order valence-corrected chi connectivity index (χ4v) is 2.13. The summed E-state index contributed by atoms with van der Waals surface area (Å²) in [5, 5.41) is 18.6. The van der Waals surface area contributed by atoms with E-state index in [0.29, 0.717) is 12.8 Å². The molecule has 1 aromatic rings. The Morgan fingerprint density at radius 3 is 2.56 bits per heavy atom. The van der Waals surface area contributed by atoms with Gasteiger partial charge in [-0.2, -0.15) is 13.2 Å². The molecule has 1 fully saturated rings. The van der Waals surface area contributed by atoms with Gasteiger partial charge in [-0.05, 0) is 25.8 Å². The van der Waals surface area contributed by atoms with Gasteiger partial charge in [0, 0.05) is 6.04 Å². The first-order valence-corrected chi connectivity index (χ1v) is 5.64. The predicted octanol–water partition coefficient (Wildman–Crippen LogP) is 2.47. The van der Waals surface area contributed by atoms with Crippen LogP contribution in [0.1, 0.15) is 25.3 Å². The van der Waals surface area contributed by atoms with E-state index in [1.54, 1.807) is 6.92 Å². The summed E-state index contributed by atoms with van der Waals surface area (Å²) >= 11 is 5.41. The molecule has 1 aromatic heterocycles. The highest BCUT2D eigenvalue weighted by Gasteiger charge is 2.41. The lowest BCUT2D eigenvalue weighted by Gasteiger charge is -2.41. The molecule has 0 spiro atoms. The normalized spacial score (nSPS) is 27.8. The maximum atomic E-state index is 12.7. The second-order valence-electron chi connectivity index (χ2n) is 4.67. The average molecular weight is 282 g/mol. The minimum absolute atomic E-state index is 0.239. The number of halogens is 4. The Labute approximate surface area is 106 Å². The van der Waals surface area contributed by atoms with Gasteiger partial charge in [-0.15, -0.1) is 10.2 Å². The first-order valence-electron chi connectivity index (χ1n) is 5.27. The Morgan fingerprint density at radius 1 is 1.44 bits per heavy atom. The van der Waals surface area contributed by atoms with Gasteiger partial charge in [-0.3, -0.25) is 0 Å². The second-order valence-corrected chi connectivity index (χ2v) is 5.06. The molecule has 1 heterocycles. The molecule has 18 heavy (non-hydrogen) atoms. The highest BCUT2D eigenvalue weighted by Crippen LogP contribution is 2.38. The topological polar surface area (TPSA) is 58.0 Å². The molecule has 1 aliphatic carbocycles. The maximum Gasteiger partial charge on any atom is 0.420 e. The quantitative estimate of drug-likeness (QED) is 0.874. The van der Waals surface area contributed by atoms with Crippen LogP contribution in [-0.4, -0.2) is 26.9 Å². The Kier molecular flexibility index (Phi) is 3.14. The fourth-order valence-electron chi connectivity index (χ4n) is 1.99. The SMILES string of the molecule is CC1(O)CC(Nc2nnc(Cl)cc2C(F)(F)F)C1. The zero-order chi connectivity index (χ0) is 13.6. The van der Waals surface area contributed by atoms with Crippen LogP contribution in [0.15, 0.2) is 6.07 Å². The molecule has 0 aromatic carbocycles. The molecular weight excluding hydrogens is 271 g/mol. The Morgan fingerprint density at radius 2 is 2.06 bits per heavy atom. The Hall–Kier alpha value is -1.08.